The van der Waals surface area contributed by atoms with E-state index in [2.05, 4.69) is 23.1 Å². The molecule has 0 aromatic heterocycles. The minimum atomic E-state index is -0.335. The fraction of sp³-hybridized carbons (Fsp3) is 0.406. The molecule has 7 heteroatoms. The Morgan fingerprint density at radius 3 is 2.72 bits per heavy atom. The maximum Gasteiger partial charge on any atom is 0.337 e. The van der Waals surface area contributed by atoms with Crippen LogP contribution in [0.3, 0.4) is 0 Å². The molecule has 39 heavy (non-hydrogen) atoms. The number of esters is 1. The van der Waals surface area contributed by atoms with Gasteiger partial charge in [-0.1, -0.05) is 42.0 Å². The first-order valence-electron chi connectivity index (χ1n) is 13.7. The molecule has 2 aromatic carbocycles. The molecule has 1 aliphatic heterocycles. The van der Waals surface area contributed by atoms with E-state index in [1.807, 2.05) is 36.4 Å². The number of rotatable bonds is 8. The van der Waals surface area contributed by atoms with Crippen LogP contribution in [-0.2, 0) is 11.2 Å². The molecular formula is C32H34Cl2FNO3. The molecule has 3 aliphatic rings. The third-order valence-electron chi connectivity index (χ3n) is 7.72. The van der Waals surface area contributed by atoms with E-state index in [0.717, 1.165) is 83.9 Å². The van der Waals surface area contributed by atoms with Gasteiger partial charge in [-0.15, -0.1) is 11.6 Å². The average molecular weight is 571 g/mol. The summed E-state index contributed by atoms with van der Waals surface area (Å²) in [5.41, 5.74) is 7.19. The van der Waals surface area contributed by atoms with E-state index >= 15 is 0 Å². The van der Waals surface area contributed by atoms with E-state index in [1.54, 1.807) is 0 Å². The standard InChI is InChI=1S/C32H34Cl2FNO3/c1-38-32(37)23-8-12-27-22(18-23)4-2-5-29(28-13-9-24(33)19-30(28)34)31(27)21-6-10-25(11-7-21)39-26-14-17-36(20-26)16-3-15-35/h6-13,18,24,26H,2-5,14-17,19-20H2,1H3/t24?,26-/m0/s1. The van der Waals surface area contributed by atoms with Crippen LogP contribution in [0.1, 0.15) is 59.2 Å². The molecule has 0 saturated carbocycles. The van der Waals surface area contributed by atoms with Crippen molar-refractivity contribution < 1.29 is 18.7 Å². The number of aryl methyl sites for hydroxylation is 1. The smallest absolute Gasteiger partial charge is 0.337 e. The van der Waals surface area contributed by atoms with Gasteiger partial charge in [0.1, 0.15) is 11.9 Å². The van der Waals surface area contributed by atoms with Gasteiger partial charge < -0.3 is 9.47 Å². The number of methoxy groups -OCH3 is 1. The zero-order valence-electron chi connectivity index (χ0n) is 22.2. The maximum atomic E-state index is 12.6. The van der Waals surface area contributed by atoms with Crippen molar-refractivity contribution in [1.29, 1.82) is 0 Å². The number of likely N-dealkylation sites (tertiary alicyclic amines) is 1. The highest BCUT2D eigenvalue weighted by atomic mass is 35.5. The lowest BCUT2D eigenvalue weighted by atomic mass is 9.85. The van der Waals surface area contributed by atoms with Crippen LogP contribution in [0.4, 0.5) is 4.39 Å². The minimum absolute atomic E-state index is 0.106. The summed E-state index contributed by atoms with van der Waals surface area (Å²) in [4.78, 5) is 14.5. The molecule has 0 N–H and O–H groups in total. The van der Waals surface area contributed by atoms with Crippen molar-refractivity contribution in [3.05, 3.63) is 93.0 Å². The summed E-state index contributed by atoms with van der Waals surface area (Å²) in [7, 11) is 1.41. The van der Waals surface area contributed by atoms with Crippen LogP contribution in [0.25, 0.3) is 5.57 Å². The predicted molar refractivity (Wildman–Crippen MR) is 156 cm³/mol. The Labute approximate surface area is 240 Å². The minimum Gasteiger partial charge on any atom is -0.489 e. The second-order valence-corrected chi connectivity index (χ2v) is 11.4. The van der Waals surface area contributed by atoms with Crippen LogP contribution in [0.15, 0.2) is 70.8 Å². The fourth-order valence-electron chi connectivity index (χ4n) is 5.81. The first-order chi connectivity index (χ1) is 19.0. The zero-order chi connectivity index (χ0) is 27.4. The third kappa shape index (κ3) is 6.42. The van der Waals surface area contributed by atoms with E-state index in [4.69, 9.17) is 32.7 Å². The molecular weight excluding hydrogens is 536 g/mol. The quantitative estimate of drug-likeness (QED) is 0.244. The number of carbonyl (C=O) groups excluding carboxylic acids is 1. The van der Waals surface area contributed by atoms with Gasteiger partial charge in [-0.05, 0) is 89.8 Å². The van der Waals surface area contributed by atoms with Crippen molar-refractivity contribution in [2.75, 3.05) is 33.4 Å². The number of carbonyl (C=O) groups is 1. The van der Waals surface area contributed by atoms with Gasteiger partial charge >= 0.3 is 5.97 Å². The normalized spacial score (nSPS) is 21.6. The van der Waals surface area contributed by atoms with Crippen molar-refractivity contribution in [3.63, 3.8) is 0 Å². The summed E-state index contributed by atoms with van der Waals surface area (Å²) in [5, 5.41) is 0.670. The van der Waals surface area contributed by atoms with Crippen molar-refractivity contribution in [3.8, 4) is 5.75 Å². The molecule has 1 saturated heterocycles. The first kappa shape index (κ1) is 27.9. The van der Waals surface area contributed by atoms with Crippen LogP contribution < -0.4 is 4.74 Å². The summed E-state index contributed by atoms with van der Waals surface area (Å²) >= 11 is 13.2. The van der Waals surface area contributed by atoms with Gasteiger partial charge in [0.25, 0.3) is 0 Å². The molecule has 4 nitrogen and oxygen atoms in total. The zero-order valence-corrected chi connectivity index (χ0v) is 23.7. The maximum absolute atomic E-state index is 12.6. The fourth-order valence-corrected chi connectivity index (χ4v) is 6.46. The molecule has 2 aromatic rings. The Morgan fingerprint density at radius 1 is 1.15 bits per heavy atom. The van der Waals surface area contributed by atoms with Crippen LogP contribution in [0.5, 0.6) is 5.75 Å². The molecule has 0 bridgehead atoms. The van der Waals surface area contributed by atoms with Gasteiger partial charge in [-0.3, -0.25) is 9.29 Å². The SMILES string of the molecule is COC(=O)c1ccc2c(c1)CCCC(C1=C(Cl)CC(Cl)C=C1)=C2c1ccc(O[C@H]2CCN(CCCF)C2)cc1. The number of benzene rings is 2. The highest BCUT2D eigenvalue weighted by Crippen LogP contribution is 2.42. The molecule has 1 heterocycles. The van der Waals surface area contributed by atoms with E-state index in [9.17, 15) is 9.18 Å². The highest BCUT2D eigenvalue weighted by Gasteiger charge is 2.26. The van der Waals surface area contributed by atoms with Crippen molar-refractivity contribution in [2.45, 2.75) is 50.0 Å². The Kier molecular flexibility index (Phi) is 9.11. The summed E-state index contributed by atoms with van der Waals surface area (Å²) in [6, 6.07) is 14.1. The number of allylic oxidation sites excluding steroid dienone is 5. The van der Waals surface area contributed by atoms with Crippen LogP contribution in [0.2, 0.25) is 0 Å². The molecule has 1 fully saturated rings. The van der Waals surface area contributed by atoms with E-state index in [0.29, 0.717) is 18.4 Å². The van der Waals surface area contributed by atoms with Crippen LogP contribution in [0, 0.1) is 0 Å². The number of hydrogen-bond acceptors (Lipinski definition) is 4. The molecule has 0 spiro atoms. The molecule has 206 valence electrons. The highest BCUT2D eigenvalue weighted by molar-refractivity contribution is 6.32. The van der Waals surface area contributed by atoms with E-state index < -0.39 is 0 Å². The lowest BCUT2D eigenvalue weighted by Gasteiger charge is -2.22. The van der Waals surface area contributed by atoms with Gasteiger partial charge in [0.15, 0.2) is 0 Å². The number of ether oxygens (including phenoxy) is 2. The summed E-state index contributed by atoms with van der Waals surface area (Å²) in [6.07, 6.45) is 8.94. The third-order valence-corrected chi connectivity index (χ3v) is 8.37. The molecule has 1 unspecified atom stereocenters. The van der Waals surface area contributed by atoms with Gasteiger partial charge in [0, 0.05) is 31.1 Å². The number of hydrogen-bond donors (Lipinski definition) is 0. The lowest BCUT2D eigenvalue weighted by Crippen LogP contribution is -2.26. The number of alkyl halides is 2. The molecule has 0 amide bonds. The molecule has 0 radical (unpaired) electrons. The largest absolute Gasteiger partial charge is 0.489 e. The second-order valence-electron chi connectivity index (χ2n) is 10.4. The Balaban J connectivity index is 1.50. The number of halogens is 3. The monoisotopic (exact) mass is 569 g/mol. The molecule has 5 rings (SSSR count). The van der Waals surface area contributed by atoms with Crippen molar-refractivity contribution in [1.82, 2.24) is 4.90 Å². The van der Waals surface area contributed by atoms with Gasteiger partial charge in [-0.25, -0.2) is 4.79 Å². The molecule has 2 atom stereocenters. The summed E-state index contributed by atoms with van der Waals surface area (Å²) in [6.45, 7) is 2.27. The van der Waals surface area contributed by atoms with Crippen molar-refractivity contribution in [2.24, 2.45) is 0 Å². The molecule has 2 aliphatic carbocycles. The van der Waals surface area contributed by atoms with E-state index in [-0.39, 0.29) is 24.1 Å². The lowest BCUT2D eigenvalue weighted by molar-refractivity contribution is 0.0600. The Morgan fingerprint density at radius 2 is 1.97 bits per heavy atom. The van der Waals surface area contributed by atoms with Crippen LogP contribution >= 0.6 is 23.2 Å². The number of fused-ring (bicyclic) bond motifs is 1. The topological polar surface area (TPSA) is 38.8 Å². The van der Waals surface area contributed by atoms with Gasteiger partial charge in [0.2, 0.25) is 0 Å². The second kappa shape index (κ2) is 12.7. The van der Waals surface area contributed by atoms with Gasteiger partial charge in [0.05, 0.1) is 24.7 Å². The Hall–Kier alpha value is -2.60. The van der Waals surface area contributed by atoms with Crippen molar-refractivity contribution >= 4 is 34.7 Å². The van der Waals surface area contributed by atoms with Crippen LogP contribution in [-0.4, -0.2) is 55.8 Å². The average Bonchev–Trinajstić information content (AvgIpc) is 3.30. The Bertz CT molecular complexity index is 1300. The van der Waals surface area contributed by atoms with E-state index in [1.165, 1.54) is 12.7 Å². The number of nitrogens with zero attached hydrogens (tertiary/aromatic N) is 1. The summed E-state index contributed by atoms with van der Waals surface area (Å²) in [5.74, 6) is 0.492. The van der Waals surface area contributed by atoms with Gasteiger partial charge in [-0.2, -0.15) is 0 Å². The first-order valence-corrected chi connectivity index (χ1v) is 14.5. The predicted octanol–water partition coefficient (Wildman–Crippen LogP) is 7.48. The summed E-state index contributed by atoms with van der Waals surface area (Å²) < 4.78 is 23.8.